The number of hydrazone groups is 1. The molecule has 0 spiro atoms. The van der Waals surface area contributed by atoms with E-state index < -0.39 is 0 Å². The lowest BCUT2D eigenvalue weighted by Gasteiger charge is -2.07. The van der Waals surface area contributed by atoms with Crippen molar-refractivity contribution in [1.29, 1.82) is 0 Å². The minimum atomic E-state index is -0.313. The molecule has 23 heavy (non-hydrogen) atoms. The van der Waals surface area contributed by atoms with Crippen molar-refractivity contribution >= 4 is 39.1 Å². The third-order valence-electron chi connectivity index (χ3n) is 3.50. The van der Waals surface area contributed by atoms with Crippen LogP contribution in [0.25, 0.3) is 0 Å². The fourth-order valence-electron chi connectivity index (χ4n) is 2.39. The normalized spacial score (nSPS) is 12.7. The van der Waals surface area contributed by atoms with Crippen LogP contribution in [-0.4, -0.2) is 18.2 Å². The highest BCUT2D eigenvalue weighted by molar-refractivity contribution is 9.10. The minimum Gasteiger partial charge on any atom is -0.482 e. The fourth-order valence-corrected chi connectivity index (χ4v) is 3.12. The van der Waals surface area contributed by atoms with Crippen LogP contribution >= 0.6 is 27.5 Å². The van der Waals surface area contributed by atoms with E-state index >= 15 is 0 Å². The highest BCUT2D eigenvalue weighted by atomic mass is 79.9. The van der Waals surface area contributed by atoms with Gasteiger partial charge < -0.3 is 4.74 Å². The van der Waals surface area contributed by atoms with Crippen molar-refractivity contribution in [2.24, 2.45) is 5.10 Å². The maximum Gasteiger partial charge on any atom is 0.277 e. The van der Waals surface area contributed by atoms with Gasteiger partial charge in [-0.25, -0.2) is 5.43 Å². The Morgan fingerprint density at radius 2 is 1.91 bits per heavy atom. The molecule has 0 unspecified atom stereocenters. The van der Waals surface area contributed by atoms with Gasteiger partial charge >= 0.3 is 0 Å². The van der Waals surface area contributed by atoms with Gasteiger partial charge in [-0.05, 0) is 29.3 Å². The lowest BCUT2D eigenvalue weighted by Crippen LogP contribution is -2.26. The van der Waals surface area contributed by atoms with Crippen LogP contribution in [0.15, 0.2) is 52.0 Å². The molecule has 1 N–H and O–H groups in total. The van der Waals surface area contributed by atoms with Crippen molar-refractivity contribution < 1.29 is 9.53 Å². The van der Waals surface area contributed by atoms with Crippen molar-refractivity contribution in [3.63, 3.8) is 0 Å². The Morgan fingerprint density at radius 1 is 1.22 bits per heavy atom. The summed E-state index contributed by atoms with van der Waals surface area (Å²) < 4.78 is 6.25. The number of ether oxygens (including phenoxy) is 1. The molecule has 2 aromatic carbocycles. The molecular weight excluding hydrogens is 380 g/mol. The van der Waals surface area contributed by atoms with E-state index in [0.29, 0.717) is 10.8 Å². The lowest BCUT2D eigenvalue weighted by atomic mass is 10.1. The third-order valence-corrected chi connectivity index (χ3v) is 4.29. The predicted molar refractivity (Wildman–Crippen MR) is 94.1 cm³/mol. The van der Waals surface area contributed by atoms with Crippen LogP contribution < -0.4 is 10.2 Å². The molecule has 0 heterocycles. The lowest BCUT2D eigenvalue weighted by molar-refractivity contribution is -0.123. The second-order valence-corrected chi connectivity index (χ2v) is 6.52. The SMILES string of the molecule is O=C(COc1ccc(Br)cc1Cl)NN=C1Cc2ccccc2C1. The predicted octanol–water partition coefficient (Wildman–Crippen LogP) is 3.75. The van der Waals surface area contributed by atoms with E-state index in [2.05, 4.69) is 38.6 Å². The molecule has 0 saturated heterocycles. The van der Waals surface area contributed by atoms with Gasteiger partial charge in [-0.1, -0.05) is 51.8 Å². The summed E-state index contributed by atoms with van der Waals surface area (Å²) in [5, 5.41) is 4.63. The third kappa shape index (κ3) is 4.12. The fraction of sp³-hybridized carbons (Fsp3) is 0.176. The molecule has 118 valence electrons. The Balaban J connectivity index is 1.52. The standard InChI is InChI=1S/C17H14BrClN2O2/c18-13-5-6-16(15(19)9-13)23-10-17(22)21-20-14-7-11-3-1-2-4-12(11)8-14/h1-6,9H,7-8,10H2,(H,21,22). The highest BCUT2D eigenvalue weighted by Crippen LogP contribution is 2.27. The average molecular weight is 394 g/mol. The molecule has 1 aliphatic rings. The van der Waals surface area contributed by atoms with E-state index in [-0.39, 0.29) is 12.5 Å². The molecule has 0 aliphatic heterocycles. The van der Waals surface area contributed by atoms with E-state index in [1.807, 2.05) is 12.1 Å². The number of nitrogens with zero attached hydrogens (tertiary/aromatic N) is 1. The maximum atomic E-state index is 11.8. The molecule has 0 bridgehead atoms. The van der Waals surface area contributed by atoms with Gasteiger partial charge in [0.25, 0.3) is 5.91 Å². The topological polar surface area (TPSA) is 50.7 Å². The first-order chi connectivity index (χ1) is 11.1. The highest BCUT2D eigenvalue weighted by Gasteiger charge is 2.16. The molecule has 4 nitrogen and oxygen atoms in total. The molecule has 6 heteroatoms. The number of nitrogens with one attached hydrogen (secondary N) is 1. The van der Waals surface area contributed by atoms with Crippen molar-refractivity contribution in [2.45, 2.75) is 12.8 Å². The van der Waals surface area contributed by atoms with E-state index in [1.54, 1.807) is 18.2 Å². The zero-order valence-corrected chi connectivity index (χ0v) is 14.5. The number of hydrogen-bond donors (Lipinski definition) is 1. The zero-order valence-electron chi connectivity index (χ0n) is 12.2. The summed E-state index contributed by atoms with van der Waals surface area (Å²) in [6.07, 6.45) is 1.55. The number of halogens is 2. The quantitative estimate of drug-likeness (QED) is 0.804. The molecule has 3 rings (SSSR count). The van der Waals surface area contributed by atoms with Gasteiger partial charge in [0.15, 0.2) is 6.61 Å². The van der Waals surface area contributed by atoms with Crippen molar-refractivity contribution in [2.75, 3.05) is 6.61 Å². The summed E-state index contributed by atoms with van der Waals surface area (Å²) in [4.78, 5) is 11.8. The molecule has 0 atom stereocenters. The smallest absolute Gasteiger partial charge is 0.277 e. The van der Waals surface area contributed by atoms with Crippen molar-refractivity contribution in [3.8, 4) is 5.75 Å². The second kappa shape index (κ2) is 7.15. The number of fused-ring (bicyclic) bond motifs is 1. The Kier molecular flexibility index (Phi) is 4.98. The van der Waals surface area contributed by atoms with E-state index in [4.69, 9.17) is 16.3 Å². The first-order valence-electron chi connectivity index (χ1n) is 7.11. The Labute approximate surface area is 147 Å². The van der Waals surface area contributed by atoms with Gasteiger partial charge in [-0.3, -0.25) is 4.79 Å². The monoisotopic (exact) mass is 392 g/mol. The maximum absolute atomic E-state index is 11.8. The van der Waals surface area contributed by atoms with Crippen LogP contribution in [0.1, 0.15) is 11.1 Å². The van der Waals surface area contributed by atoms with Gasteiger partial charge in [0.1, 0.15) is 5.75 Å². The second-order valence-electron chi connectivity index (χ2n) is 5.20. The first-order valence-corrected chi connectivity index (χ1v) is 8.28. The molecule has 0 radical (unpaired) electrons. The zero-order chi connectivity index (χ0) is 16.2. The number of carbonyl (C=O) groups is 1. The summed E-state index contributed by atoms with van der Waals surface area (Å²) in [5.74, 6) is 0.151. The summed E-state index contributed by atoms with van der Waals surface area (Å²) in [6.45, 7) is -0.134. The van der Waals surface area contributed by atoms with E-state index in [0.717, 1.165) is 23.0 Å². The number of hydrogen-bond acceptors (Lipinski definition) is 3. The van der Waals surface area contributed by atoms with Crippen LogP contribution in [-0.2, 0) is 17.6 Å². The van der Waals surface area contributed by atoms with Gasteiger partial charge in [-0.15, -0.1) is 0 Å². The average Bonchev–Trinajstić information content (AvgIpc) is 2.95. The van der Waals surface area contributed by atoms with Crippen LogP contribution in [0.5, 0.6) is 5.75 Å². The molecule has 1 aliphatic carbocycles. The first kappa shape index (κ1) is 16.0. The number of rotatable bonds is 4. The Bertz CT molecular complexity index is 750. The van der Waals surface area contributed by atoms with Gasteiger partial charge in [0.2, 0.25) is 0 Å². The number of benzene rings is 2. The molecule has 0 saturated carbocycles. The molecule has 0 aromatic heterocycles. The Morgan fingerprint density at radius 3 is 2.57 bits per heavy atom. The van der Waals surface area contributed by atoms with Crippen LogP contribution in [0, 0.1) is 0 Å². The summed E-state index contributed by atoms with van der Waals surface area (Å²) >= 11 is 9.35. The van der Waals surface area contributed by atoms with Gasteiger partial charge in [0, 0.05) is 23.0 Å². The van der Waals surface area contributed by atoms with E-state index in [9.17, 15) is 4.79 Å². The molecule has 2 aromatic rings. The van der Waals surface area contributed by atoms with E-state index in [1.165, 1.54) is 11.1 Å². The molecular formula is C17H14BrClN2O2. The van der Waals surface area contributed by atoms with Crippen LogP contribution in [0.3, 0.4) is 0 Å². The summed E-state index contributed by atoms with van der Waals surface area (Å²) in [6, 6.07) is 13.4. The van der Waals surface area contributed by atoms with Crippen molar-refractivity contribution in [1.82, 2.24) is 5.43 Å². The van der Waals surface area contributed by atoms with Crippen LogP contribution in [0.4, 0.5) is 0 Å². The molecule has 1 amide bonds. The number of amides is 1. The number of carbonyl (C=O) groups excluding carboxylic acids is 1. The largest absolute Gasteiger partial charge is 0.482 e. The summed E-state index contributed by atoms with van der Waals surface area (Å²) in [5.41, 5.74) is 6.00. The molecule has 0 fully saturated rings. The minimum absolute atomic E-state index is 0.134. The van der Waals surface area contributed by atoms with Gasteiger partial charge in [-0.2, -0.15) is 5.10 Å². The summed E-state index contributed by atoms with van der Waals surface area (Å²) in [7, 11) is 0. The van der Waals surface area contributed by atoms with Gasteiger partial charge in [0.05, 0.1) is 5.02 Å². The Hall–Kier alpha value is -1.85. The van der Waals surface area contributed by atoms with Crippen molar-refractivity contribution in [3.05, 3.63) is 63.1 Å². The van der Waals surface area contributed by atoms with Crippen LogP contribution in [0.2, 0.25) is 5.02 Å².